The van der Waals surface area contributed by atoms with Crippen molar-refractivity contribution in [1.29, 1.82) is 0 Å². The standard InChI is InChI=1S/C14H12F4.C8H10.C2H6/c1-7-3-5-9(13(17)11(7)15)10-6-4-8(2)12(16)14(10)18;1-7-3-5-8(2)6-4-7;1-2/h3,5H,4,6H2,1-2H3;3-6H,1-2H3;1-2H3. The predicted octanol–water partition coefficient (Wildman–Crippen LogP) is 8.32. The molecule has 0 unspecified atom stereocenters. The number of allylic oxidation sites excluding steroid dienone is 4. The largest absolute Gasteiger partial charge is 0.204 e. The molecule has 0 saturated heterocycles. The van der Waals surface area contributed by atoms with Crippen molar-refractivity contribution in [3.05, 3.63) is 87.5 Å². The lowest BCUT2D eigenvalue weighted by Gasteiger charge is -2.17. The van der Waals surface area contributed by atoms with Crippen LogP contribution in [-0.2, 0) is 0 Å². The molecule has 0 nitrogen and oxygen atoms in total. The normalized spacial score (nSPS) is 13.5. The van der Waals surface area contributed by atoms with Crippen molar-refractivity contribution in [3.8, 4) is 0 Å². The van der Waals surface area contributed by atoms with Crippen molar-refractivity contribution < 1.29 is 17.6 Å². The summed E-state index contributed by atoms with van der Waals surface area (Å²) in [5.41, 5.74) is 2.79. The van der Waals surface area contributed by atoms with E-state index in [0.29, 0.717) is 12.0 Å². The van der Waals surface area contributed by atoms with Crippen molar-refractivity contribution in [1.82, 2.24) is 0 Å². The Morgan fingerprint density at radius 2 is 1.11 bits per heavy atom. The zero-order valence-corrected chi connectivity index (χ0v) is 17.4. The van der Waals surface area contributed by atoms with Gasteiger partial charge in [0.15, 0.2) is 23.3 Å². The van der Waals surface area contributed by atoms with Gasteiger partial charge < -0.3 is 0 Å². The molecule has 0 saturated carbocycles. The first kappa shape index (κ1) is 23.7. The average Bonchev–Trinajstić information content (AvgIpc) is 2.70. The summed E-state index contributed by atoms with van der Waals surface area (Å²) in [4.78, 5) is 0. The highest BCUT2D eigenvalue weighted by atomic mass is 19.2. The number of aryl methyl sites for hydroxylation is 3. The van der Waals surface area contributed by atoms with Gasteiger partial charge in [-0.3, -0.25) is 0 Å². The van der Waals surface area contributed by atoms with Crippen LogP contribution in [0.4, 0.5) is 17.6 Å². The summed E-state index contributed by atoms with van der Waals surface area (Å²) >= 11 is 0. The molecule has 0 amide bonds. The first-order valence-electron chi connectivity index (χ1n) is 9.45. The van der Waals surface area contributed by atoms with Crippen LogP contribution in [0.3, 0.4) is 0 Å². The third-order valence-corrected chi connectivity index (χ3v) is 4.40. The van der Waals surface area contributed by atoms with Gasteiger partial charge in [-0.15, -0.1) is 0 Å². The summed E-state index contributed by atoms with van der Waals surface area (Å²) in [6.45, 7) is 11.1. The van der Waals surface area contributed by atoms with Crippen LogP contribution in [0.5, 0.6) is 0 Å². The van der Waals surface area contributed by atoms with Gasteiger partial charge in [0, 0.05) is 11.1 Å². The highest BCUT2D eigenvalue weighted by Gasteiger charge is 2.24. The number of benzene rings is 2. The van der Waals surface area contributed by atoms with Crippen LogP contribution in [0.15, 0.2) is 53.6 Å². The molecule has 2 aromatic rings. The highest BCUT2D eigenvalue weighted by Crippen LogP contribution is 2.38. The van der Waals surface area contributed by atoms with E-state index >= 15 is 0 Å². The SMILES string of the molecule is CC.CC1=C(F)C(F)=C(c2ccc(C)c(F)c2F)CC1.Cc1ccc(C)cc1. The Hall–Kier alpha value is -2.36. The average molecular weight is 392 g/mol. The highest BCUT2D eigenvalue weighted by molar-refractivity contribution is 5.72. The first-order chi connectivity index (χ1) is 13.2. The van der Waals surface area contributed by atoms with E-state index in [4.69, 9.17) is 0 Å². The summed E-state index contributed by atoms with van der Waals surface area (Å²) < 4.78 is 54.3. The van der Waals surface area contributed by atoms with Gasteiger partial charge >= 0.3 is 0 Å². The van der Waals surface area contributed by atoms with Crippen molar-refractivity contribution in [2.75, 3.05) is 0 Å². The van der Waals surface area contributed by atoms with Crippen molar-refractivity contribution in [2.45, 2.75) is 54.4 Å². The second-order valence-corrected chi connectivity index (χ2v) is 6.60. The van der Waals surface area contributed by atoms with Crippen LogP contribution in [-0.4, -0.2) is 0 Å². The molecule has 28 heavy (non-hydrogen) atoms. The van der Waals surface area contributed by atoms with E-state index in [1.807, 2.05) is 13.8 Å². The number of halogens is 4. The maximum Gasteiger partial charge on any atom is 0.166 e. The van der Waals surface area contributed by atoms with Gasteiger partial charge in [0.25, 0.3) is 0 Å². The summed E-state index contributed by atoms with van der Waals surface area (Å²) in [6, 6.07) is 11.1. The third kappa shape index (κ3) is 5.82. The summed E-state index contributed by atoms with van der Waals surface area (Å²) in [5.74, 6) is -4.18. The first-order valence-corrected chi connectivity index (χ1v) is 9.45. The third-order valence-electron chi connectivity index (χ3n) is 4.40. The van der Waals surface area contributed by atoms with E-state index in [-0.39, 0.29) is 23.1 Å². The second kappa shape index (κ2) is 10.8. The molecule has 0 spiro atoms. The molecule has 0 aromatic heterocycles. The number of hydrogen-bond acceptors (Lipinski definition) is 0. The lowest BCUT2D eigenvalue weighted by Crippen LogP contribution is -2.03. The molecule has 0 heterocycles. The van der Waals surface area contributed by atoms with E-state index in [0.717, 1.165) is 0 Å². The Kier molecular flexibility index (Phi) is 9.17. The van der Waals surface area contributed by atoms with Gasteiger partial charge in [0.2, 0.25) is 0 Å². The van der Waals surface area contributed by atoms with Gasteiger partial charge in [-0.05, 0) is 51.7 Å². The van der Waals surface area contributed by atoms with Crippen LogP contribution in [0, 0.1) is 32.4 Å². The molecule has 0 radical (unpaired) electrons. The molecule has 0 atom stereocenters. The van der Waals surface area contributed by atoms with Crippen LogP contribution < -0.4 is 0 Å². The Morgan fingerprint density at radius 3 is 1.61 bits per heavy atom. The van der Waals surface area contributed by atoms with Gasteiger partial charge in [0.1, 0.15) is 0 Å². The maximum atomic E-state index is 13.7. The second-order valence-electron chi connectivity index (χ2n) is 6.60. The zero-order chi connectivity index (χ0) is 21.4. The minimum absolute atomic E-state index is 0.102. The summed E-state index contributed by atoms with van der Waals surface area (Å²) in [5, 5.41) is 0. The number of rotatable bonds is 1. The topological polar surface area (TPSA) is 0 Å². The lowest BCUT2D eigenvalue weighted by atomic mass is 9.91. The minimum Gasteiger partial charge on any atom is -0.204 e. The van der Waals surface area contributed by atoms with Gasteiger partial charge in [-0.1, -0.05) is 61.4 Å². The van der Waals surface area contributed by atoms with Gasteiger partial charge in [-0.2, -0.15) is 0 Å². The maximum absolute atomic E-state index is 13.7. The van der Waals surface area contributed by atoms with Crippen molar-refractivity contribution in [3.63, 3.8) is 0 Å². The van der Waals surface area contributed by atoms with Crippen molar-refractivity contribution >= 4 is 5.57 Å². The molecular formula is C24H28F4. The van der Waals surface area contributed by atoms with Crippen LogP contribution in [0.1, 0.15) is 55.9 Å². The monoisotopic (exact) mass is 392 g/mol. The fourth-order valence-electron chi connectivity index (χ4n) is 2.62. The molecule has 0 N–H and O–H groups in total. The molecule has 152 valence electrons. The van der Waals surface area contributed by atoms with Gasteiger partial charge in [0.05, 0.1) is 0 Å². The molecule has 2 aromatic carbocycles. The fourth-order valence-corrected chi connectivity index (χ4v) is 2.62. The van der Waals surface area contributed by atoms with Crippen LogP contribution >= 0.6 is 0 Å². The molecule has 3 rings (SSSR count). The van der Waals surface area contributed by atoms with E-state index < -0.39 is 23.3 Å². The molecule has 1 aliphatic rings. The lowest BCUT2D eigenvalue weighted by molar-refractivity contribution is 0.496. The van der Waals surface area contributed by atoms with Gasteiger partial charge in [-0.25, -0.2) is 17.6 Å². The van der Waals surface area contributed by atoms with E-state index in [2.05, 4.69) is 38.1 Å². The fraction of sp³-hybridized carbons (Fsp3) is 0.333. The molecule has 4 heteroatoms. The Balaban J connectivity index is 0.000000327. The molecule has 0 fully saturated rings. The zero-order valence-electron chi connectivity index (χ0n) is 17.4. The predicted molar refractivity (Wildman–Crippen MR) is 109 cm³/mol. The molecule has 1 aliphatic carbocycles. The van der Waals surface area contributed by atoms with E-state index in [1.165, 1.54) is 37.1 Å². The summed E-state index contributed by atoms with van der Waals surface area (Å²) in [7, 11) is 0. The Bertz CT molecular complexity index is 838. The van der Waals surface area contributed by atoms with E-state index in [1.54, 1.807) is 0 Å². The molecular weight excluding hydrogens is 364 g/mol. The Morgan fingerprint density at radius 1 is 0.607 bits per heavy atom. The molecule has 0 bridgehead atoms. The van der Waals surface area contributed by atoms with Crippen molar-refractivity contribution in [2.24, 2.45) is 0 Å². The summed E-state index contributed by atoms with van der Waals surface area (Å²) in [6.07, 6.45) is 0.480. The van der Waals surface area contributed by atoms with Crippen LogP contribution in [0.2, 0.25) is 0 Å². The Labute approximate surface area is 165 Å². The van der Waals surface area contributed by atoms with Crippen LogP contribution in [0.25, 0.3) is 5.57 Å². The molecule has 0 aliphatic heterocycles. The minimum atomic E-state index is -1.12. The smallest absolute Gasteiger partial charge is 0.166 e. The van der Waals surface area contributed by atoms with E-state index in [9.17, 15) is 17.6 Å². The number of hydrogen-bond donors (Lipinski definition) is 0. The quantitative estimate of drug-likeness (QED) is 0.428.